The van der Waals surface area contributed by atoms with Crippen LogP contribution in [-0.4, -0.2) is 21.0 Å². The van der Waals surface area contributed by atoms with E-state index in [2.05, 4.69) is 20.4 Å². The van der Waals surface area contributed by atoms with Gasteiger partial charge in [-0.25, -0.2) is 0 Å². The molecule has 3 rings (SSSR count). The Morgan fingerprint density at radius 2 is 2.30 bits per heavy atom. The van der Waals surface area contributed by atoms with Gasteiger partial charge in [0, 0.05) is 25.2 Å². The number of aromatic nitrogens is 3. The van der Waals surface area contributed by atoms with Crippen LogP contribution < -0.4 is 5.32 Å². The second-order valence-corrected chi connectivity index (χ2v) is 6.01. The van der Waals surface area contributed by atoms with Crippen molar-refractivity contribution >= 4 is 17.2 Å². The topological polar surface area (TPSA) is 80.9 Å². The number of carbonyl (C=O) groups is 1. The number of pyridine rings is 1. The van der Waals surface area contributed by atoms with Crippen molar-refractivity contribution in [3.05, 3.63) is 53.5 Å². The minimum absolute atomic E-state index is 0.0581. The van der Waals surface area contributed by atoms with Gasteiger partial charge in [0.05, 0.1) is 10.9 Å². The van der Waals surface area contributed by atoms with E-state index in [0.717, 1.165) is 10.4 Å². The van der Waals surface area contributed by atoms with E-state index in [1.54, 1.807) is 23.7 Å². The molecular formula is C16H16N4O2S. The molecule has 0 aliphatic carbocycles. The third-order valence-corrected chi connectivity index (χ3v) is 4.20. The van der Waals surface area contributed by atoms with Gasteiger partial charge in [-0.05, 0) is 30.0 Å². The highest BCUT2D eigenvalue weighted by Gasteiger charge is 2.13. The van der Waals surface area contributed by atoms with Gasteiger partial charge in [-0.15, -0.1) is 11.3 Å². The summed E-state index contributed by atoms with van der Waals surface area (Å²) in [7, 11) is 0. The summed E-state index contributed by atoms with van der Waals surface area (Å²) < 4.78 is 5.18. The van der Waals surface area contributed by atoms with E-state index in [0.29, 0.717) is 24.6 Å². The summed E-state index contributed by atoms with van der Waals surface area (Å²) in [4.78, 5) is 21.3. The molecule has 0 aliphatic heterocycles. The Balaban J connectivity index is 1.51. The Hall–Kier alpha value is -2.54. The van der Waals surface area contributed by atoms with E-state index in [4.69, 9.17) is 4.52 Å². The predicted molar refractivity (Wildman–Crippen MR) is 86.7 cm³/mol. The molecule has 0 bridgehead atoms. The Kier molecular flexibility index (Phi) is 4.77. The van der Waals surface area contributed by atoms with Crippen LogP contribution in [0.5, 0.6) is 0 Å². The van der Waals surface area contributed by atoms with E-state index in [9.17, 15) is 4.79 Å². The maximum absolute atomic E-state index is 12.0. The van der Waals surface area contributed by atoms with Gasteiger partial charge in [-0.1, -0.05) is 17.3 Å². The quantitative estimate of drug-likeness (QED) is 0.752. The number of carbonyl (C=O) groups excluding carboxylic acids is 1. The largest absolute Gasteiger partial charge is 0.350 e. The lowest BCUT2D eigenvalue weighted by atomic mass is 10.1. The van der Waals surface area contributed by atoms with Crippen molar-refractivity contribution in [1.82, 2.24) is 20.4 Å². The zero-order valence-corrected chi connectivity index (χ0v) is 13.4. The molecule has 0 saturated heterocycles. The summed E-state index contributed by atoms with van der Waals surface area (Å²) in [5.41, 5.74) is 0.971. The number of hydrogen-bond donors (Lipinski definition) is 1. The van der Waals surface area contributed by atoms with Gasteiger partial charge >= 0.3 is 0 Å². The molecule has 0 fully saturated rings. The molecule has 0 aliphatic rings. The Morgan fingerprint density at radius 3 is 3.04 bits per heavy atom. The van der Waals surface area contributed by atoms with Crippen LogP contribution in [0.4, 0.5) is 0 Å². The van der Waals surface area contributed by atoms with Gasteiger partial charge in [0.25, 0.3) is 0 Å². The first-order valence-corrected chi connectivity index (χ1v) is 8.16. The van der Waals surface area contributed by atoms with Crippen LogP contribution in [0.2, 0.25) is 0 Å². The third kappa shape index (κ3) is 4.01. The normalized spacial score (nSPS) is 12.0. The predicted octanol–water partition coefficient (Wildman–Crippen LogP) is 3.00. The van der Waals surface area contributed by atoms with Crippen LogP contribution >= 0.6 is 11.3 Å². The molecule has 3 aromatic heterocycles. The van der Waals surface area contributed by atoms with Gasteiger partial charge in [-0.3, -0.25) is 9.78 Å². The van der Waals surface area contributed by atoms with E-state index >= 15 is 0 Å². The summed E-state index contributed by atoms with van der Waals surface area (Å²) in [5, 5.41) is 8.82. The standard InChI is InChI=1S/C16H16N4O2S/c1-11(12-4-2-8-17-10-12)18-14(21)6-7-15-19-16(20-22-15)13-5-3-9-23-13/h2-5,8-11H,6-7H2,1H3,(H,18,21). The number of aryl methyl sites for hydroxylation is 1. The minimum Gasteiger partial charge on any atom is -0.350 e. The molecule has 0 radical (unpaired) electrons. The lowest BCUT2D eigenvalue weighted by Crippen LogP contribution is -2.26. The molecule has 3 aromatic rings. The third-order valence-electron chi connectivity index (χ3n) is 3.34. The van der Waals surface area contributed by atoms with Gasteiger partial charge in [0.15, 0.2) is 0 Å². The number of thiophene rings is 1. The SMILES string of the molecule is CC(NC(=O)CCc1nc(-c2cccs2)no1)c1cccnc1. The maximum Gasteiger partial charge on any atom is 0.227 e. The second kappa shape index (κ2) is 7.15. The van der Waals surface area contributed by atoms with Gasteiger partial charge in [0.2, 0.25) is 17.6 Å². The Labute approximate surface area is 137 Å². The second-order valence-electron chi connectivity index (χ2n) is 5.06. The van der Waals surface area contributed by atoms with Crippen molar-refractivity contribution in [1.29, 1.82) is 0 Å². The number of nitrogens with zero attached hydrogens (tertiary/aromatic N) is 3. The van der Waals surface area contributed by atoms with Crippen LogP contribution in [0.15, 0.2) is 46.6 Å². The zero-order chi connectivity index (χ0) is 16.1. The van der Waals surface area contributed by atoms with Crippen LogP contribution in [0.1, 0.15) is 30.8 Å². The van der Waals surface area contributed by atoms with Gasteiger partial charge < -0.3 is 9.84 Å². The molecule has 1 N–H and O–H groups in total. The molecule has 3 heterocycles. The first kappa shape index (κ1) is 15.4. The van der Waals surface area contributed by atoms with Crippen molar-refractivity contribution in [2.24, 2.45) is 0 Å². The van der Waals surface area contributed by atoms with Gasteiger partial charge in [0.1, 0.15) is 0 Å². The van der Waals surface area contributed by atoms with Crippen LogP contribution in [0.3, 0.4) is 0 Å². The summed E-state index contributed by atoms with van der Waals surface area (Å²) in [5.74, 6) is 0.981. The molecule has 6 nitrogen and oxygen atoms in total. The van der Waals surface area contributed by atoms with Gasteiger partial charge in [-0.2, -0.15) is 4.98 Å². The average molecular weight is 328 g/mol. The highest BCUT2D eigenvalue weighted by molar-refractivity contribution is 7.13. The van der Waals surface area contributed by atoms with Crippen molar-refractivity contribution in [3.8, 4) is 10.7 Å². The summed E-state index contributed by atoms with van der Waals surface area (Å²) in [6.45, 7) is 1.93. The Bertz CT molecular complexity index is 756. The number of amides is 1. The molecule has 7 heteroatoms. The molecule has 1 unspecified atom stereocenters. The minimum atomic E-state index is -0.0828. The van der Waals surface area contributed by atoms with E-state index in [-0.39, 0.29) is 11.9 Å². The molecule has 1 atom stereocenters. The van der Waals surface area contributed by atoms with E-state index in [1.165, 1.54) is 0 Å². The van der Waals surface area contributed by atoms with Crippen LogP contribution in [-0.2, 0) is 11.2 Å². The van der Waals surface area contributed by atoms with E-state index < -0.39 is 0 Å². The number of hydrogen-bond acceptors (Lipinski definition) is 6. The molecule has 23 heavy (non-hydrogen) atoms. The number of nitrogens with one attached hydrogen (secondary N) is 1. The highest BCUT2D eigenvalue weighted by atomic mass is 32.1. The lowest BCUT2D eigenvalue weighted by Gasteiger charge is -2.13. The first-order valence-electron chi connectivity index (χ1n) is 7.28. The Morgan fingerprint density at radius 1 is 1.39 bits per heavy atom. The summed E-state index contributed by atoms with van der Waals surface area (Å²) in [6.07, 6.45) is 4.18. The smallest absolute Gasteiger partial charge is 0.227 e. The summed E-state index contributed by atoms with van der Waals surface area (Å²) >= 11 is 1.55. The van der Waals surface area contributed by atoms with Crippen molar-refractivity contribution < 1.29 is 9.32 Å². The molecule has 0 saturated carbocycles. The highest BCUT2D eigenvalue weighted by Crippen LogP contribution is 2.21. The van der Waals surface area contributed by atoms with Crippen LogP contribution in [0, 0.1) is 0 Å². The zero-order valence-electron chi connectivity index (χ0n) is 12.6. The summed E-state index contributed by atoms with van der Waals surface area (Å²) in [6, 6.07) is 7.57. The lowest BCUT2D eigenvalue weighted by molar-refractivity contribution is -0.121. The maximum atomic E-state index is 12.0. The molecule has 0 spiro atoms. The van der Waals surface area contributed by atoms with Crippen molar-refractivity contribution in [3.63, 3.8) is 0 Å². The molecular weight excluding hydrogens is 312 g/mol. The average Bonchev–Trinajstić information content (AvgIpc) is 3.25. The molecule has 1 amide bonds. The molecule has 0 aromatic carbocycles. The van der Waals surface area contributed by atoms with E-state index in [1.807, 2.05) is 36.6 Å². The van der Waals surface area contributed by atoms with Crippen molar-refractivity contribution in [2.75, 3.05) is 0 Å². The molecule has 118 valence electrons. The monoisotopic (exact) mass is 328 g/mol. The fourth-order valence-corrected chi connectivity index (χ4v) is 2.76. The van der Waals surface area contributed by atoms with Crippen LogP contribution in [0.25, 0.3) is 10.7 Å². The number of rotatable bonds is 6. The van der Waals surface area contributed by atoms with Crippen molar-refractivity contribution in [2.45, 2.75) is 25.8 Å². The first-order chi connectivity index (χ1) is 11.2. The fraction of sp³-hybridized carbons (Fsp3) is 0.250. The fourth-order valence-electron chi connectivity index (χ4n) is 2.11.